The van der Waals surface area contributed by atoms with E-state index >= 15 is 0 Å². The van der Waals surface area contributed by atoms with Crippen LogP contribution in [0.5, 0.6) is 0 Å². The quantitative estimate of drug-likeness (QED) is 0.362. The maximum absolute atomic E-state index is 12.7. The van der Waals surface area contributed by atoms with Crippen LogP contribution in [0.4, 0.5) is 0 Å². The molecule has 5 nitrogen and oxygen atoms in total. The molecule has 2 aliphatic rings. The summed E-state index contributed by atoms with van der Waals surface area (Å²) in [5.41, 5.74) is -0.409. The first kappa shape index (κ1) is 21.9. The largest absolute Gasteiger partial charge is 0.466 e. The van der Waals surface area contributed by atoms with Crippen molar-refractivity contribution in [3.63, 3.8) is 0 Å². The number of carbonyl (C=O) groups excluding carboxylic acids is 1. The van der Waals surface area contributed by atoms with Gasteiger partial charge in [-0.3, -0.25) is 4.79 Å². The van der Waals surface area contributed by atoms with Crippen LogP contribution in [0.15, 0.2) is 0 Å². The molecule has 0 amide bonds. The molecule has 26 heavy (non-hydrogen) atoms. The Bertz CT molecular complexity index is 467. The first-order chi connectivity index (χ1) is 12.1. The molecular weight excluding hydrogens is 348 g/mol. The van der Waals surface area contributed by atoms with Crippen LogP contribution in [-0.2, 0) is 23.4 Å². The highest BCUT2D eigenvalue weighted by atomic mass is 28.4. The zero-order valence-electron chi connectivity index (χ0n) is 17.6. The Morgan fingerprint density at radius 3 is 2.15 bits per heavy atom. The van der Waals surface area contributed by atoms with Crippen molar-refractivity contribution in [1.82, 2.24) is 0 Å². The maximum atomic E-state index is 12.7. The second-order valence-corrected chi connectivity index (χ2v) is 14.1. The van der Waals surface area contributed by atoms with Crippen molar-refractivity contribution in [1.29, 1.82) is 0 Å². The van der Waals surface area contributed by atoms with Gasteiger partial charge in [-0.25, -0.2) is 0 Å². The number of carbonyl (C=O) groups is 1. The Morgan fingerprint density at radius 1 is 1.08 bits per heavy atom. The predicted octanol–water partition coefficient (Wildman–Crippen LogP) is 4.66. The molecule has 1 saturated carbocycles. The molecule has 1 aliphatic heterocycles. The summed E-state index contributed by atoms with van der Waals surface area (Å²) in [6.07, 6.45) is 4.79. The summed E-state index contributed by atoms with van der Waals surface area (Å²) >= 11 is 0. The molecule has 0 aromatic carbocycles. The lowest BCUT2D eigenvalue weighted by molar-refractivity contribution is -0.200. The van der Waals surface area contributed by atoms with Crippen molar-refractivity contribution < 1.29 is 23.4 Å². The number of rotatable bonds is 7. The first-order valence-electron chi connectivity index (χ1n) is 10.2. The van der Waals surface area contributed by atoms with Crippen molar-refractivity contribution in [2.75, 3.05) is 26.4 Å². The number of hydrogen-bond acceptors (Lipinski definition) is 5. The Labute approximate surface area is 160 Å². The van der Waals surface area contributed by atoms with E-state index in [1.807, 2.05) is 6.92 Å². The lowest BCUT2D eigenvalue weighted by Crippen LogP contribution is -2.45. The SMILES string of the molecule is CCOC(=O)C1(CCCO[Si](C)(C)C(C)(C)C)CCC2(CC1)OCCO2. The second-order valence-electron chi connectivity index (χ2n) is 9.32. The van der Waals surface area contributed by atoms with Crippen LogP contribution >= 0.6 is 0 Å². The van der Waals surface area contributed by atoms with E-state index in [9.17, 15) is 4.79 Å². The first-order valence-corrected chi connectivity index (χ1v) is 13.1. The van der Waals surface area contributed by atoms with Gasteiger partial charge in [0.25, 0.3) is 0 Å². The molecule has 0 atom stereocenters. The molecule has 0 aromatic rings. The van der Waals surface area contributed by atoms with Crippen LogP contribution in [-0.4, -0.2) is 46.5 Å². The van der Waals surface area contributed by atoms with Gasteiger partial charge >= 0.3 is 5.97 Å². The van der Waals surface area contributed by atoms with Crippen molar-refractivity contribution in [2.45, 2.75) is 90.1 Å². The minimum atomic E-state index is -1.74. The predicted molar refractivity (Wildman–Crippen MR) is 105 cm³/mol. The van der Waals surface area contributed by atoms with Crippen LogP contribution in [0.25, 0.3) is 0 Å². The molecule has 1 saturated heterocycles. The third kappa shape index (κ3) is 4.88. The van der Waals surface area contributed by atoms with Crippen LogP contribution in [0.1, 0.15) is 66.2 Å². The standard InChI is InChI=1S/C20H38O5Si/c1-7-22-17(21)19(9-8-14-25-26(5,6)18(2,3)4)10-12-20(13-11-19)23-15-16-24-20/h7-16H2,1-6H3. The summed E-state index contributed by atoms with van der Waals surface area (Å²) in [5.74, 6) is -0.506. The normalized spacial score (nSPS) is 22.5. The van der Waals surface area contributed by atoms with E-state index in [1.54, 1.807) is 0 Å². The summed E-state index contributed by atoms with van der Waals surface area (Å²) in [6.45, 7) is 15.6. The topological polar surface area (TPSA) is 54.0 Å². The van der Waals surface area contributed by atoms with E-state index < -0.39 is 19.5 Å². The molecule has 1 spiro atoms. The maximum Gasteiger partial charge on any atom is 0.312 e. The molecule has 6 heteroatoms. The van der Waals surface area contributed by atoms with E-state index in [0.29, 0.717) is 19.8 Å². The Kier molecular flexibility index (Phi) is 6.97. The van der Waals surface area contributed by atoms with E-state index in [0.717, 1.165) is 45.1 Å². The van der Waals surface area contributed by atoms with E-state index in [-0.39, 0.29) is 11.0 Å². The Morgan fingerprint density at radius 2 is 1.65 bits per heavy atom. The van der Waals surface area contributed by atoms with Crippen molar-refractivity contribution in [3.8, 4) is 0 Å². The molecule has 0 bridgehead atoms. The lowest BCUT2D eigenvalue weighted by atomic mass is 9.69. The van der Waals surface area contributed by atoms with Crippen LogP contribution in [0.2, 0.25) is 18.1 Å². The molecule has 0 N–H and O–H groups in total. The smallest absolute Gasteiger partial charge is 0.312 e. The van der Waals surface area contributed by atoms with Gasteiger partial charge in [0.2, 0.25) is 0 Å². The Hall–Kier alpha value is -0.433. The number of hydrogen-bond donors (Lipinski definition) is 0. The summed E-state index contributed by atoms with van der Waals surface area (Å²) in [6, 6.07) is 0. The lowest BCUT2D eigenvalue weighted by Gasteiger charge is -2.42. The summed E-state index contributed by atoms with van der Waals surface area (Å²) in [5, 5.41) is 0.209. The fourth-order valence-corrected chi connectivity index (χ4v) is 4.78. The van der Waals surface area contributed by atoms with E-state index in [4.69, 9.17) is 18.6 Å². The van der Waals surface area contributed by atoms with Crippen molar-refractivity contribution in [2.24, 2.45) is 5.41 Å². The van der Waals surface area contributed by atoms with Gasteiger partial charge in [-0.15, -0.1) is 0 Å². The van der Waals surface area contributed by atoms with Gasteiger partial charge in [0.1, 0.15) is 0 Å². The molecule has 0 radical (unpaired) electrons. The zero-order chi connectivity index (χ0) is 19.5. The van der Waals surface area contributed by atoms with Gasteiger partial charge in [-0.1, -0.05) is 20.8 Å². The fourth-order valence-electron chi connectivity index (χ4n) is 3.69. The minimum absolute atomic E-state index is 0.0554. The van der Waals surface area contributed by atoms with Gasteiger partial charge in [0.15, 0.2) is 14.1 Å². The van der Waals surface area contributed by atoms with Gasteiger partial charge < -0.3 is 18.6 Å². The van der Waals surface area contributed by atoms with Gasteiger partial charge in [-0.05, 0) is 50.7 Å². The van der Waals surface area contributed by atoms with Gasteiger partial charge in [0, 0.05) is 19.4 Å². The van der Waals surface area contributed by atoms with E-state index in [1.165, 1.54) is 0 Å². The van der Waals surface area contributed by atoms with Crippen molar-refractivity contribution in [3.05, 3.63) is 0 Å². The highest BCUT2D eigenvalue weighted by Crippen LogP contribution is 2.48. The molecule has 1 aliphatic carbocycles. The minimum Gasteiger partial charge on any atom is -0.466 e. The molecule has 2 rings (SSSR count). The van der Waals surface area contributed by atoms with E-state index in [2.05, 4.69) is 33.9 Å². The molecular formula is C20H38O5Si. The number of ether oxygens (including phenoxy) is 3. The highest BCUT2D eigenvalue weighted by molar-refractivity contribution is 6.74. The third-order valence-electron chi connectivity index (χ3n) is 6.56. The second kappa shape index (κ2) is 8.29. The summed E-state index contributed by atoms with van der Waals surface area (Å²) < 4.78 is 23.4. The third-order valence-corrected chi connectivity index (χ3v) is 11.1. The molecule has 152 valence electrons. The number of esters is 1. The average molecular weight is 387 g/mol. The molecule has 0 aromatic heterocycles. The monoisotopic (exact) mass is 386 g/mol. The summed E-state index contributed by atoms with van der Waals surface area (Å²) in [7, 11) is -1.74. The van der Waals surface area contributed by atoms with Crippen molar-refractivity contribution >= 4 is 14.3 Å². The zero-order valence-corrected chi connectivity index (χ0v) is 18.6. The molecule has 2 fully saturated rings. The Balaban J connectivity index is 1.93. The van der Waals surface area contributed by atoms with Crippen LogP contribution in [0, 0.1) is 5.41 Å². The average Bonchev–Trinajstić information content (AvgIpc) is 3.01. The fraction of sp³-hybridized carbons (Fsp3) is 0.950. The molecule has 1 heterocycles. The van der Waals surface area contributed by atoms with Crippen LogP contribution < -0.4 is 0 Å². The van der Waals surface area contributed by atoms with Gasteiger partial charge in [0.05, 0.1) is 25.2 Å². The van der Waals surface area contributed by atoms with Gasteiger partial charge in [-0.2, -0.15) is 0 Å². The summed E-state index contributed by atoms with van der Waals surface area (Å²) in [4.78, 5) is 12.7. The van der Waals surface area contributed by atoms with Crippen LogP contribution in [0.3, 0.4) is 0 Å². The molecule has 0 unspecified atom stereocenters. The highest BCUT2D eigenvalue weighted by Gasteiger charge is 2.50.